The zero-order valence-electron chi connectivity index (χ0n) is 8.64. The number of rotatable bonds is 3. The number of halogens is 1. The average Bonchev–Trinajstić information content (AvgIpc) is 2.29. The van der Waals surface area contributed by atoms with Crippen LogP contribution in [0.1, 0.15) is 0 Å². The van der Waals surface area contributed by atoms with Crippen molar-refractivity contribution < 1.29 is 4.74 Å². The minimum absolute atomic E-state index is 0.474. The lowest BCUT2D eigenvalue weighted by Gasteiger charge is -2.05. The number of nitrogens with zero attached hydrogens (tertiary/aromatic N) is 2. The van der Waals surface area contributed by atoms with E-state index in [1.54, 1.807) is 31.4 Å². The van der Waals surface area contributed by atoms with E-state index in [4.69, 9.17) is 16.3 Å². The highest BCUT2D eigenvalue weighted by Gasteiger charge is 2.00. The Morgan fingerprint density at radius 2 is 2.19 bits per heavy atom. The first-order valence-corrected chi connectivity index (χ1v) is 5.10. The van der Waals surface area contributed by atoms with Gasteiger partial charge in [-0.25, -0.2) is 4.98 Å². The predicted molar refractivity (Wildman–Crippen MR) is 63.1 cm³/mol. The molecule has 0 bridgehead atoms. The lowest BCUT2D eigenvalue weighted by atomic mass is 10.3. The molecule has 0 fully saturated rings. The molecule has 4 nitrogen and oxygen atoms in total. The number of ether oxygens (including phenoxy) is 1. The van der Waals surface area contributed by atoms with Gasteiger partial charge in [-0.2, -0.15) is 4.98 Å². The molecule has 0 spiro atoms. The quantitative estimate of drug-likeness (QED) is 0.889. The van der Waals surface area contributed by atoms with Gasteiger partial charge in [0.05, 0.1) is 0 Å². The van der Waals surface area contributed by atoms with Gasteiger partial charge in [-0.15, -0.1) is 0 Å². The summed E-state index contributed by atoms with van der Waals surface area (Å²) in [5.41, 5.74) is 0. The monoisotopic (exact) mass is 235 g/mol. The second kappa shape index (κ2) is 4.81. The summed E-state index contributed by atoms with van der Waals surface area (Å²) in [6.07, 6.45) is 1.62. The van der Waals surface area contributed by atoms with E-state index in [2.05, 4.69) is 15.3 Å². The fourth-order valence-corrected chi connectivity index (χ4v) is 1.35. The van der Waals surface area contributed by atoms with Crippen molar-refractivity contribution in [1.82, 2.24) is 9.97 Å². The highest BCUT2D eigenvalue weighted by molar-refractivity contribution is 6.30. The van der Waals surface area contributed by atoms with Crippen LogP contribution in [0.3, 0.4) is 0 Å². The maximum atomic E-state index is 5.84. The molecular weight excluding hydrogens is 226 g/mol. The van der Waals surface area contributed by atoms with E-state index >= 15 is 0 Å². The zero-order chi connectivity index (χ0) is 11.4. The normalized spacial score (nSPS) is 9.88. The highest BCUT2D eigenvalue weighted by atomic mass is 35.5. The predicted octanol–water partition coefficient (Wildman–Crippen LogP) is 2.96. The number of hydrogen-bond acceptors (Lipinski definition) is 4. The van der Waals surface area contributed by atoms with Crippen LogP contribution in [-0.2, 0) is 0 Å². The molecule has 0 atom stereocenters. The van der Waals surface area contributed by atoms with E-state index in [0.717, 1.165) is 0 Å². The Kier molecular flexibility index (Phi) is 3.22. The molecule has 1 N–H and O–H groups in total. The summed E-state index contributed by atoms with van der Waals surface area (Å²) in [6, 6.07) is 8.82. The maximum Gasteiger partial charge on any atom is 0.225 e. The molecule has 0 aliphatic carbocycles. The third-order valence-corrected chi connectivity index (χ3v) is 2.11. The Morgan fingerprint density at radius 3 is 2.94 bits per heavy atom. The van der Waals surface area contributed by atoms with Crippen molar-refractivity contribution in [2.75, 3.05) is 12.4 Å². The van der Waals surface area contributed by atoms with Crippen LogP contribution in [0.25, 0.3) is 0 Å². The standard InChI is InChI=1S/C11H10ClN3O/c1-13-11-14-6-5-10(15-11)16-9-4-2-3-8(12)7-9/h2-7H,1H3,(H,13,14,15). The molecule has 0 aliphatic rings. The van der Waals surface area contributed by atoms with E-state index in [0.29, 0.717) is 22.6 Å². The molecule has 0 saturated carbocycles. The number of nitrogens with one attached hydrogen (secondary N) is 1. The maximum absolute atomic E-state index is 5.84. The SMILES string of the molecule is CNc1nccc(Oc2cccc(Cl)c2)n1. The van der Waals surface area contributed by atoms with Crippen molar-refractivity contribution in [2.24, 2.45) is 0 Å². The van der Waals surface area contributed by atoms with E-state index in [-0.39, 0.29) is 0 Å². The molecule has 1 heterocycles. The first kappa shape index (κ1) is 10.7. The van der Waals surface area contributed by atoms with Gasteiger partial charge in [0.25, 0.3) is 0 Å². The molecule has 2 rings (SSSR count). The van der Waals surface area contributed by atoms with Crippen LogP contribution in [0.2, 0.25) is 5.02 Å². The van der Waals surface area contributed by atoms with Gasteiger partial charge in [-0.3, -0.25) is 0 Å². The number of anilines is 1. The summed E-state index contributed by atoms with van der Waals surface area (Å²) in [5.74, 6) is 1.63. The second-order valence-corrected chi connectivity index (χ2v) is 3.46. The highest BCUT2D eigenvalue weighted by Crippen LogP contribution is 2.22. The van der Waals surface area contributed by atoms with E-state index in [1.165, 1.54) is 0 Å². The van der Waals surface area contributed by atoms with Crippen LogP contribution in [0.15, 0.2) is 36.5 Å². The Hall–Kier alpha value is -1.81. The fraction of sp³-hybridized carbons (Fsp3) is 0.0909. The van der Waals surface area contributed by atoms with Crippen molar-refractivity contribution in [2.45, 2.75) is 0 Å². The van der Waals surface area contributed by atoms with Crippen LogP contribution in [0.4, 0.5) is 5.95 Å². The van der Waals surface area contributed by atoms with Crippen molar-refractivity contribution in [3.05, 3.63) is 41.6 Å². The molecule has 16 heavy (non-hydrogen) atoms. The van der Waals surface area contributed by atoms with Crippen LogP contribution in [-0.4, -0.2) is 17.0 Å². The summed E-state index contributed by atoms with van der Waals surface area (Å²) in [5, 5.41) is 3.46. The van der Waals surface area contributed by atoms with Crippen LogP contribution >= 0.6 is 11.6 Å². The Labute approximate surface area is 98.3 Å². The van der Waals surface area contributed by atoms with Gasteiger partial charge in [0, 0.05) is 24.3 Å². The Balaban J connectivity index is 2.20. The summed E-state index contributed by atoms with van der Waals surface area (Å²) >= 11 is 5.84. The topological polar surface area (TPSA) is 47.0 Å². The Morgan fingerprint density at radius 1 is 1.31 bits per heavy atom. The average molecular weight is 236 g/mol. The fourth-order valence-electron chi connectivity index (χ4n) is 1.17. The third-order valence-electron chi connectivity index (χ3n) is 1.87. The van der Waals surface area contributed by atoms with Crippen molar-refractivity contribution in [1.29, 1.82) is 0 Å². The number of aromatic nitrogens is 2. The van der Waals surface area contributed by atoms with Gasteiger partial charge in [-0.05, 0) is 18.2 Å². The number of benzene rings is 1. The minimum atomic E-state index is 0.474. The molecule has 82 valence electrons. The minimum Gasteiger partial charge on any atom is -0.439 e. The molecule has 0 radical (unpaired) electrons. The first-order chi connectivity index (χ1) is 7.78. The Bertz CT molecular complexity index is 490. The van der Waals surface area contributed by atoms with E-state index < -0.39 is 0 Å². The largest absolute Gasteiger partial charge is 0.439 e. The summed E-state index contributed by atoms with van der Waals surface area (Å²) < 4.78 is 5.53. The van der Waals surface area contributed by atoms with Gasteiger partial charge < -0.3 is 10.1 Å². The zero-order valence-corrected chi connectivity index (χ0v) is 9.40. The van der Waals surface area contributed by atoms with Crippen molar-refractivity contribution in [3.63, 3.8) is 0 Å². The lowest BCUT2D eigenvalue weighted by Crippen LogP contribution is -1.97. The third kappa shape index (κ3) is 2.61. The van der Waals surface area contributed by atoms with Gasteiger partial charge >= 0.3 is 0 Å². The van der Waals surface area contributed by atoms with Gasteiger partial charge in [-0.1, -0.05) is 17.7 Å². The van der Waals surface area contributed by atoms with Gasteiger partial charge in [0.15, 0.2) is 0 Å². The number of hydrogen-bond donors (Lipinski definition) is 1. The van der Waals surface area contributed by atoms with Gasteiger partial charge in [0.1, 0.15) is 5.75 Å². The first-order valence-electron chi connectivity index (χ1n) is 4.72. The van der Waals surface area contributed by atoms with Crippen LogP contribution < -0.4 is 10.1 Å². The van der Waals surface area contributed by atoms with Crippen molar-refractivity contribution >= 4 is 17.5 Å². The summed E-state index contributed by atoms with van der Waals surface area (Å²) in [4.78, 5) is 8.12. The molecule has 0 unspecified atom stereocenters. The molecule has 1 aromatic carbocycles. The summed E-state index contributed by atoms with van der Waals surface area (Å²) in [6.45, 7) is 0. The van der Waals surface area contributed by atoms with Crippen molar-refractivity contribution in [3.8, 4) is 11.6 Å². The summed E-state index contributed by atoms with van der Waals surface area (Å²) in [7, 11) is 1.75. The van der Waals surface area contributed by atoms with Crippen LogP contribution in [0, 0.1) is 0 Å². The van der Waals surface area contributed by atoms with E-state index in [9.17, 15) is 0 Å². The molecule has 2 aromatic rings. The second-order valence-electron chi connectivity index (χ2n) is 3.03. The van der Waals surface area contributed by atoms with Crippen LogP contribution in [0.5, 0.6) is 11.6 Å². The molecule has 5 heteroatoms. The molecule has 0 aliphatic heterocycles. The molecule has 0 amide bonds. The smallest absolute Gasteiger partial charge is 0.225 e. The molecule has 1 aromatic heterocycles. The molecular formula is C11H10ClN3O. The lowest BCUT2D eigenvalue weighted by molar-refractivity contribution is 0.462. The molecule has 0 saturated heterocycles. The van der Waals surface area contributed by atoms with E-state index in [1.807, 2.05) is 12.1 Å². The van der Waals surface area contributed by atoms with Gasteiger partial charge in [0.2, 0.25) is 11.8 Å².